The molecule has 4 heteroatoms. The molecule has 0 amide bonds. The van der Waals surface area contributed by atoms with E-state index in [0.29, 0.717) is 0 Å². The van der Waals surface area contributed by atoms with Crippen molar-refractivity contribution in [3.05, 3.63) is 17.5 Å². The van der Waals surface area contributed by atoms with Crippen molar-refractivity contribution < 1.29 is 0 Å². The maximum atomic E-state index is 4.34. The molecule has 96 valence electrons. The lowest BCUT2D eigenvalue weighted by molar-refractivity contribution is 0.625. The molecule has 0 aliphatic rings. The lowest BCUT2D eigenvalue weighted by Gasteiger charge is -2.07. The van der Waals surface area contributed by atoms with Crippen molar-refractivity contribution in [3.8, 4) is 0 Å². The van der Waals surface area contributed by atoms with Crippen LogP contribution < -0.4 is 10.6 Å². The van der Waals surface area contributed by atoms with Crippen molar-refractivity contribution in [1.29, 1.82) is 0 Å². The van der Waals surface area contributed by atoms with E-state index in [9.17, 15) is 0 Å². The van der Waals surface area contributed by atoms with Gasteiger partial charge in [-0.05, 0) is 45.8 Å². The maximum absolute atomic E-state index is 4.34. The molecule has 0 fully saturated rings. The molecule has 0 spiro atoms. The Morgan fingerprint density at radius 3 is 2.29 bits per heavy atom. The third kappa shape index (κ3) is 6.22. The third-order valence-electron chi connectivity index (χ3n) is 2.50. The molecule has 1 aromatic rings. The van der Waals surface area contributed by atoms with Crippen molar-refractivity contribution in [3.63, 3.8) is 0 Å². The minimum atomic E-state index is 0.746. The average molecular weight is 236 g/mol. The van der Waals surface area contributed by atoms with Crippen LogP contribution in [0.25, 0.3) is 0 Å². The largest absolute Gasteiger partial charge is 0.354 e. The molecule has 1 rings (SSSR count). The quantitative estimate of drug-likeness (QED) is 0.680. The van der Waals surface area contributed by atoms with Crippen LogP contribution in [0.15, 0.2) is 6.07 Å². The molecule has 0 saturated heterocycles. The summed E-state index contributed by atoms with van der Waals surface area (Å²) >= 11 is 0. The molecular formula is C13H24N4. The molecule has 1 heterocycles. The van der Waals surface area contributed by atoms with E-state index < -0.39 is 0 Å². The number of unbranched alkanes of at least 4 members (excludes halogenated alkanes) is 1. The van der Waals surface area contributed by atoms with Gasteiger partial charge in [0.1, 0.15) is 0 Å². The van der Waals surface area contributed by atoms with Crippen molar-refractivity contribution in [2.24, 2.45) is 0 Å². The Labute approximate surface area is 104 Å². The van der Waals surface area contributed by atoms with Crippen molar-refractivity contribution in [2.75, 3.05) is 25.0 Å². The number of aryl methyl sites for hydroxylation is 2. The van der Waals surface area contributed by atoms with E-state index in [1.54, 1.807) is 0 Å². The monoisotopic (exact) mass is 236 g/mol. The molecule has 17 heavy (non-hydrogen) atoms. The number of anilines is 1. The molecule has 0 unspecified atom stereocenters. The van der Waals surface area contributed by atoms with Crippen LogP contribution in [-0.4, -0.2) is 29.6 Å². The summed E-state index contributed by atoms with van der Waals surface area (Å²) in [6.07, 6.45) is 3.61. The predicted octanol–water partition coefficient (Wildman–Crippen LogP) is 2.29. The van der Waals surface area contributed by atoms with Gasteiger partial charge in [-0.25, -0.2) is 9.97 Å². The summed E-state index contributed by atoms with van der Waals surface area (Å²) in [7, 11) is 0. The summed E-state index contributed by atoms with van der Waals surface area (Å²) < 4.78 is 0. The van der Waals surface area contributed by atoms with Crippen LogP contribution in [0.3, 0.4) is 0 Å². The first kappa shape index (κ1) is 13.9. The van der Waals surface area contributed by atoms with E-state index in [0.717, 1.165) is 43.4 Å². The smallest absolute Gasteiger partial charge is 0.223 e. The van der Waals surface area contributed by atoms with E-state index in [1.165, 1.54) is 12.8 Å². The first-order chi connectivity index (χ1) is 8.22. The fourth-order valence-electron chi connectivity index (χ4n) is 1.65. The fraction of sp³-hybridized carbons (Fsp3) is 0.692. The van der Waals surface area contributed by atoms with Gasteiger partial charge >= 0.3 is 0 Å². The van der Waals surface area contributed by atoms with Crippen LogP contribution in [0.2, 0.25) is 0 Å². The van der Waals surface area contributed by atoms with Crippen molar-refractivity contribution in [1.82, 2.24) is 15.3 Å². The first-order valence-electron chi connectivity index (χ1n) is 6.49. The number of rotatable bonds is 8. The zero-order valence-electron chi connectivity index (χ0n) is 11.2. The second-order valence-electron chi connectivity index (χ2n) is 4.36. The molecule has 0 aliphatic heterocycles. The highest BCUT2D eigenvalue weighted by Crippen LogP contribution is 2.03. The Bertz CT molecular complexity index is 305. The second kappa shape index (κ2) is 8.01. The zero-order valence-corrected chi connectivity index (χ0v) is 11.2. The first-order valence-corrected chi connectivity index (χ1v) is 6.49. The summed E-state index contributed by atoms with van der Waals surface area (Å²) in [6, 6.07) is 1.98. The lowest BCUT2D eigenvalue weighted by Crippen LogP contribution is -2.19. The van der Waals surface area contributed by atoms with Gasteiger partial charge in [0.05, 0.1) is 0 Å². The van der Waals surface area contributed by atoms with E-state index >= 15 is 0 Å². The van der Waals surface area contributed by atoms with Crippen LogP contribution in [0, 0.1) is 13.8 Å². The minimum Gasteiger partial charge on any atom is -0.354 e. The normalized spacial score (nSPS) is 10.5. The number of hydrogen-bond donors (Lipinski definition) is 2. The Morgan fingerprint density at radius 1 is 1.00 bits per heavy atom. The fourth-order valence-corrected chi connectivity index (χ4v) is 1.65. The van der Waals surface area contributed by atoms with Gasteiger partial charge in [-0.3, -0.25) is 0 Å². The zero-order chi connectivity index (χ0) is 12.5. The summed E-state index contributed by atoms with van der Waals surface area (Å²) in [5.41, 5.74) is 2.03. The highest BCUT2D eigenvalue weighted by atomic mass is 15.1. The van der Waals surface area contributed by atoms with Gasteiger partial charge in [0, 0.05) is 17.9 Å². The molecule has 4 nitrogen and oxygen atoms in total. The highest BCUT2D eigenvalue weighted by molar-refractivity contribution is 5.27. The SMILES string of the molecule is CCCCNCCCNc1nc(C)cc(C)n1. The number of aromatic nitrogens is 2. The van der Waals surface area contributed by atoms with Crippen LogP contribution in [0.4, 0.5) is 5.95 Å². The van der Waals surface area contributed by atoms with Gasteiger partial charge < -0.3 is 10.6 Å². The molecule has 2 N–H and O–H groups in total. The molecule has 0 aliphatic carbocycles. The number of hydrogen-bond acceptors (Lipinski definition) is 4. The predicted molar refractivity (Wildman–Crippen MR) is 72.4 cm³/mol. The Balaban J connectivity index is 2.13. The molecule has 1 aromatic heterocycles. The Hall–Kier alpha value is -1.16. The van der Waals surface area contributed by atoms with Gasteiger partial charge in [0.15, 0.2) is 0 Å². The molecule has 0 bridgehead atoms. The van der Waals surface area contributed by atoms with E-state index in [4.69, 9.17) is 0 Å². The third-order valence-corrected chi connectivity index (χ3v) is 2.50. The summed E-state index contributed by atoms with van der Waals surface area (Å²) in [4.78, 5) is 8.68. The van der Waals surface area contributed by atoms with Crippen molar-refractivity contribution in [2.45, 2.75) is 40.0 Å². The van der Waals surface area contributed by atoms with Gasteiger partial charge in [-0.2, -0.15) is 0 Å². The van der Waals surface area contributed by atoms with Gasteiger partial charge in [0.25, 0.3) is 0 Å². The van der Waals surface area contributed by atoms with Crippen LogP contribution in [-0.2, 0) is 0 Å². The van der Waals surface area contributed by atoms with Crippen LogP contribution >= 0.6 is 0 Å². The minimum absolute atomic E-state index is 0.746. The molecule has 0 atom stereocenters. The van der Waals surface area contributed by atoms with Crippen LogP contribution in [0.1, 0.15) is 37.6 Å². The summed E-state index contributed by atoms with van der Waals surface area (Å²) in [5.74, 6) is 0.746. The Kier molecular flexibility index (Phi) is 6.55. The van der Waals surface area contributed by atoms with E-state index in [1.807, 2.05) is 19.9 Å². The number of nitrogens with one attached hydrogen (secondary N) is 2. The summed E-state index contributed by atoms with van der Waals surface area (Å²) in [6.45, 7) is 9.29. The molecule has 0 saturated carbocycles. The van der Waals surface area contributed by atoms with Crippen LogP contribution in [0.5, 0.6) is 0 Å². The second-order valence-corrected chi connectivity index (χ2v) is 4.36. The molecule has 0 aromatic carbocycles. The topological polar surface area (TPSA) is 49.8 Å². The lowest BCUT2D eigenvalue weighted by atomic mass is 10.3. The van der Waals surface area contributed by atoms with Crippen molar-refractivity contribution >= 4 is 5.95 Å². The average Bonchev–Trinajstić information content (AvgIpc) is 2.26. The maximum Gasteiger partial charge on any atom is 0.223 e. The molecular weight excluding hydrogens is 212 g/mol. The van der Waals surface area contributed by atoms with E-state index in [2.05, 4.69) is 27.5 Å². The van der Waals surface area contributed by atoms with Gasteiger partial charge in [0.2, 0.25) is 5.95 Å². The van der Waals surface area contributed by atoms with E-state index in [-0.39, 0.29) is 0 Å². The Morgan fingerprint density at radius 2 is 1.65 bits per heavy atom. The summed E-state index contributed by atoms with van der Waals surface area (Å²) in [5, 5.41) is 6.67. The van der Waals surface area contributed by atoms with Gasteiger partial charge in [-0.1, -0.05) is 13.3 Å². The number of nitrogens with zero attached hydrogens (tertiary/aromatic N) is 2. The standard InChI is InChI=1S/C13H24N4/c1-4-5-7-14-8-6-9-15-13-16-11(2)10-12(3)17-13/h10,14H,4-9H2,1-3H3,(H,15,16,17). The molecule has 0 radical (unpaired) electrons. The highest BCUT2D eigenvalue weighted by Gasteiger charge is 1.97. The van der Waals surface area contributed by atoms with Gasteiger partial charge in [-0.15, -0.1) is 0 Å².